The highest BCUT2D eigenvalue weighted by Crippen LogP contribution is 2.16. The Hall–Kier alpha value is -3.00. The second kappa shape index (κ2) is 8.74. The lowest BCUT2D eigenvalue weighted by molar-refractivity contribution is -0.384. The van der Waals surface area contributed by atoms with Crippen molar-refractivity contribution < 1.29 is 9.72 Å². The number of hydrogen-bond donors (Lipinski definition) is 2. The number of primary amides is 1. The molecule has 0 aliphatic carbocycles. The molecule has 0 atom stereocenters. The number of rotatable bonds is 7. The molecule has 0 heterocycles. The van der Waals surface area contributed by atoms with Crippen molar-refractivity contribution in [1.82, 2.24) is 4.90 Å². The quantitative estimate of drug-likeness (QED) is 0.448. The molecule has 0 fully saturated rings. The van der Waals surface area contributed by atoms with Gasteiger partial charge in [-0.2, -0.15) is 0 Å². The van der Waals surface area contributed by atoms with Crippen LogP contribution in [0.15, 0.2) is 54.6 Å². The molecule has 0 saturated heterocycles. The van der Waals surface area contributed by atoms with Crippen molar-refractivity contribution in [2.75, 3.05) is 11.9 Å². The van der Waals surface area contributed by atoms with Crippen LogP contribution in [0.3, 0.4) is 0 Å². The van der Waals surface area contributed by atoms with E-state index in [4.69, 9.17) is 18.0 Å². The van der Waals surface area contributed by atoms with Crippen molar-refractivity contribution in [3.63, 3.8) is 0 Å². The summed E-state index contributed by atoms with van der Waals surface area (Å²) in [5.41, 5.74) is 6.92. The molecule has 0 saturated carbocycles. The lowest BCUT2D eigenvalue weighted by atomic mass is 10.2. The van der Waals surface area contributed by atoms with Crippen LogP contribution in [0.5, 0.6) is 0 Å². The number of nitrogens with one attached hydrogen (secondary N) is 1. The molecule has 3 N–H and O–H groups in total. The van der Waals surface area contributed by atoms with Crippen molar-refractivity contribution in [2.24, 2.45) is 5.73 Å². The lowest BCUT2D eigenvalue weighted by Gasteiger charge is -2.25. The fourth-order valence-corrected chi connectivity index (χ4v) is 2.44. The van der Waals surface area contributed by atoms with Gasteiger partial charge < -0.3 is 16.0 Å². The summed E-state index contributed by atoms with van der Waals surface area (Å²) in [5, 5.41) is 14.2. The normalized spacial score (nSPS) is 10.1. The Morgan fingerprint density at radius 3 is 2.36 bits per heavy atom. The molecule has 0 unspecified atom stereocenters. The van der Waals surface area contributed by atoms with Crippen LogP contribution in [-0.2, 0) is 11.3 Å². The average Bonchev–Trinajstić information content (AvgIpc) is 2.59. The Kier molecular flexibility index (Phi) is 6.41. The van der Waals surface area contributed by atoms with Gasteiger partial charge in [0.25, 0.3) is 5.69 Å². The summed E-state index contributed by atoms with van der Waals surface area (Å²) in [4.78, 5) is 23.2. The van der Waals surface area contributed by atoms with E-state index >= 15 is 0 Å². The predicted octanol–water partition coefficient (Wildman–Crippen LogP) is 2.67. The molecular weight excluding hydrogens is 340 g/mol. The number of nitrogens with zero attached hydrogens (tertiary/aromatic N) is 2. The Labute approximate surface area is 150 Å². The van der Waals surface area contributed by atoms with Crippen molar-refractivity contribution >= 4 is 34.6 Å². The second-order valence-electron chi connectivity index (χ2n) is 5.36. The maximum Gasteiger partial charge on any atom is 0.269 e. The summed E-state index contributed by atoms with van der Waals surface area (Å²) in [5.74, 6) is -0.406. The number of non-ortho nitro benzene ring substituents is 1. The third kappa shape index (κ3) is 5.85. The van der Waals surface area contributed by atoms with Crippen molar-refractivity contribution in [3.8, 4) is 0 Å². The Morgan fingerprint density at radius 2 is 1.80 bits per heavy atom. The largest absolute Gasteiger partial charge is 0.370 e. The number of nitrogens with two attached hydrogens (primary N) is 1. The summed E-state index contributed by atoms with van der Waals surface area (Å²) >= 11 is 5.42. The van der Waals surface area contributed by atoms with Gasteiger partial charge in [-0.15, -0.1) is 0 Å². The van der Waals surface area contributed by atoms with E-state index in [1.54, 1.807) is 12.1 Å². The third-order valence-corrected chi connectivity index (χ3v) is 3.82. The molecule has 0 aliphatic rings. The predicted molar refractivity (Wildman–Crippen MR) is 100.0 cm³/mol. The molecule has 0 aromatic heterocycles. The number of anilines is 1. The van der Waals surface area contributed by atoms with E-state index in [1.807, 2.05) is 35.2 Å². The van der Waals surface area contributed by atoms with E-state index in [-0.39, 0.29) is 12.1 Å². The van der Waals surface area contributed by atoms with Gasteiger partial charge in [-0.05, 0) is 29.9 Å². The van der Waals surface area contributed by atoms with E-state index in [9.17, 15) is 14.9 Å². The zero-order valence-corrected chi connectivity index (χ0v) is 14.2. The minimum atomic E-state index is -0.462. The van der Waals surface area contributed by atoms with Gasteiger partial charge in [0.1, 0.15) is 0 Å². The third-order valence-electron chi connectivity index (χ3n) is 3.46. The highest BCUT2D eigenvalue weighted by atomic mass is 32.1. The van der Waals surface area contributed by atoms with Crippen molar-refractivity contribution in [1.29, 1.82) is 0 Å². The molecule has 0 bridgehead atoms. The average molecular weight is 358 g/mol. The Morgan fingerprint density at radius 1 is 1.16 bits per heavy atom. The van der Waals surface area contributed by atoms with Gasteiger partial charge in [-0.1, -0.05) is 30.3 Å². The fourth-order valence-electron chi connectivity index (χ4n) is 2.17. The highest BCUT2D eigenvalue weighted by molar-refractivity contribution is 7.80. The van der Waals surface area contributed by atoms with Crippen LogP contribution in [0.4, 0.5) is 11.4 Å². The zero-order chi connectivity index (χ0) is 18.2. The SMILES string of the molecule is NC(=O)CCN(Cc1ccccc1)C(=S)Nc1ccc([N+](=O)[O-])cc1. The zero-order valence-electron chi connectivity index (χ0n) is 13.4. The summed E-state index contributed by atoms with van der Waals surface area (Å²) in [6, 6.07) is 15.7. The number of thiocarbonyl (C=S) groups is 1. The summed E-state index contributed by atoms with van der Waals surface area (Å²) in [6.45, 7) is 0.899. The molecule has 7 nitrogen and oxygen atoms in total. The number of carbonyl (C=O) groups is 1. The standard InChI is InChI=1S/C17H18N4O3S/c18-16(22)10-11-20(12-13-4-2-1-3-5-13)17(25)19-14-6-8-15(9-7-14)21(23)24/h1-9H,10-12H2,(H2,18,22)(H,19,25). The summed E-state index contributed by atoms with van der Waals surface area (Å²) in [6.07, 6.45) is 0.176. The molecule has 8 heteroatoms. The van der Waals surface area contributed by atoms with Gasteiger partial charge in [0.2, 0.25) is 5.91 Å². The number of nitro groups is 1. The van der Waals surface area contributed by atoms with Crippen LogP contribution in [0, 0.1) is 10.1 Å². The Bertz CT molecular complexity index is 750. The van der Waals surface area contributed by atoms with Crippen LogP contribution in [0.1, 0.15) is 12.0 Å². The van der Waals surface area contributed by atoms with Gasteiger partial charge in [-0.25, -0.2) is 0 Å². The van der Waals surface area contributed by atoms with Crippen molar-refractivity contribution in [3.05, 3.63) is 70.3 Å². The van der Waals surface area contributed by atoms with Gasteiger partial charge in [0, 0.05) is 37.3 Å². The van der Waals surface area contributed by atoms with E-state index in [1.165, 1.54) is 12.1 Å². The molecule has 130 valence electrons. The molecule has 2 aromatic rings. The summed E-state index contributed by atoms with van der Waals surface area (Å²) < 4.78 is 0. The van der Waals surface area contributed by atoms with Crippen LogP contribution in [0.2, 0.25) is 0 Å². The number of nitro benzene ring substituents is 1. The molecular formula is C17H18N4O3S. The van der Waals surface area contributed by atoms with Crippen LogP contribution < -0.4 is 11.1 Å². The number of carbonyl (C=O) groups excluding carboxylic acids is 1. The fraction of sp³-hybridized carbons (Fsp3) is 0.176. The van der Waals surface area contributed by atoms with Crippen molar-refractivity contribution in [2.45, 2.75) is 13.0 Å². The maximum atomic E-state index is 11.1. The van der Waals surface area contributed by atoms with Crippen LogP contribution >= 0.6 is 12.2 Å². The molecule has 25 heavy (non-hydrogen) atoms. The minimum Gasteiger partial charge on any atom is -0.370 e. The number of amides is 1. The molecule has 0 aliphatic heterocycles. The molecule has 0 spiro atoms. The van der Waals surface area contributed by atoms with E-state index in [0.29, 0.717) is 23.9 Å². The first-order chi connectivity index (χ1) is 12.0. The van der Waals surface area contributed by atoms with E-state index < -0.39 is 10.8 Å². The van der Waals surface area contributed by atoms with Crippen LogP contribution in [0.25, 0.3) is 0 Å². The highest BCUT2D eigenvalue weighted by Gasteiger charge is 2.13. The van der Waals surface area contributed by atoms with Crippen LogP contribution in [-0.4, -0.2) is 27.4 Å². The number of hydrogen-bond acceptors (Lipinski definition) is 4. The Balaban J connectivity index is 2.07. The van der Waals surface area contributed by atoms with Gasteiger partial charge in [0.15, 0.2) is 5.11 Å². The summed E-state index contributed by atoms with van der Waals surface area (Å²) in [7, 11) is 0. The second-order valence-corrected chi connectivity index (χ2v) is 5.74. The molecule has 1 amide bonds. The van der Waals surface area contributed by atoms with Gasteiger partial charge >= 0.3 is 0 Å². The lowest BCUT2D eigenvalue weighted by Crippen LogP contribution is -2.36. The monoisotopic (exact) mass is 358 g/mol. The number of benzene rings is 2. The van der Waals surface area contributed by atoms with E-state index in [2.05, 4.69) is 5.32 Å². The smallest absolute Gasteiger partial charge is 0.269 e. The molecule has 0 radical (unpaired) electrons. The molecule has 2 aromatic carbocycles. The van der Waals surface area contributed by atoms with Gasteiger partial charge in [0.05, 0.1) is 4.92 Å². The first-order valence-corrected chi connectivity index (χ1v) is 7.99. The topological polar surface area (TPSA) is 102 Å². The first-order valence-electron chi connectivity index (χ1n) is 7.58. The van der Waals surface area contributed by atoms with E-state index in [0.717, 1.165) is 5.56 Å². The van der Waals surface area contributed by atoms with Gasteiger partial charge in [-0.3, -0.25) is 14.9 Å². The molecule has 2 rings (SSSR count). The first kappa shape index (κ1) is 18.3. The maximum absolute atomic E-state index is 11.1. The minimum absolute atomic E-state index is 0.00587.